The minimum absolute atomic E-state index is 0.0277. The average molecular weight is 604 g/mol. The highest BCUT2D eigenvalue weighted by atomic mass is 16.2. The largest absolute Gasteiger partial charge is 0.346 e. The molecule has 0 radical (unpaired) electrons. The van der Waals surface area contributed by atoms with Crippen molar-refractivity contribution in [2.24, 2.45) is 17.8 Å². The Bertz CT molecular complexity index is 1300. The maximum atomic E-state index is 13.4. The Labute approximate surface area is 260 Å². The highest BCUT2D eigenvalue weighted by Gasteiger charge is 2.33. The lowest BCUT2D eigenvalue weighted by atomic mass is 9.83. The minimum Gasteiger partial charge on any atom is -0.346 e. The van der Waals surface area contributed by atoms with Crippen LogP contribution in [0.4, 0.5) is 0 Å². The fourth-order valence-corrected chi connectivity index (χ4v) is 5.32. The number of carbonyl (C=O) groups is 6. The number of benzene rings is 2. The number of hydrogen-bond donors (Lipinski definition) is 1. The van der Waals surface area contributed by atoms with Gasteiger partial charge in [-0.3, -0.25) is 28.8 Å². The van der Waals surface area contributed by atoms with E-state index in [9.17, 15) is 28.8 Å². The van der Waals surface area contributed by atoms with E-state index < -0.39 is 35.4 Å². The van der Waals surface area contributed by atoms with Crippen molar-refractivity contribution in [3.8, 4) is 0 Å². The summed E-state index contributed by atoms with van der Waals surface area (Å²) in [5.41, 5.74) is 1.40. The Kier molecular flexibility index (Phi) is 13.1. The van der Waals surface area contributed by atoms with E-state index in [1.807, 2.05) is 43.4 Å². The summed E-state index contributed by atoms with van der Waals surface area (Å²) in [5, 5.41) is 2.76. The third-order valence-corrected chi connectivity index (χ3v) is 8.32. The number of rotatable bonds is 16. The highest BCUT2D eigenvalue weighted by Crippen LogP contribution is 2.21. The zero-order valence-electron chi connectivity index (χ0n) is 26.3. The van der Waals surface area contributed by atoms with Crippen molar-refractivity contribution >= 4 is 34.9 Å². The van der Waals surface area contributed by atoms with Gasteiger partial charge >= 0.3 is 0 Å². The smallest absolute Gasteiger partial charge is 0.224 e. The topological polar surface area (TPSA) is 121 Å². The average Bonchev–Trinajstić information content (AvgIpc) is 3.02. The van der Waals surface area contributed by atoms with Crippen molar-refractivity contribution in [1.82, 2.24) is 15.1 Å². The predicted octanol–water partition coefficient (Wildman–Crippen LogP) is 3.55. The van der Waals surface area contributed by atoms with Crippen LogP contribution in [0.5, 0.6) is 0 Å². The van der Waals surface area contributed by atoms with Gasteiger partial charge in [-0.05, 0) is 31.9 Å². The molecule has 2 amide bonds. The first-order chi connectivity index (χ1) is 21.0. The fourth-order valence-electron chi connectivity index (χ4n) is 5.32. The number of amides is 2. The summed E-state index contributed by atoms with van der Waals surface area (Å²) < 4.78 is 0. The highest BCUT2D eigenvalue weighted by molar-refractivity contribution is 6.38. The van der Waals surface area contributed by atoms with Crippen molar-refractivity contribution in [1.29, 1.82) is 0 Å². The van der Waals surface area contributed by atoms with Gasteiger partial charge in [0.1, 0.15) is 0 Å². The van der Waals surface area contributed by atoms with Crippen LogP contribution in [0.15, 0.2) is 60.7 Å². The second-order valence-electron chi connectivity index (χ2n) is 12.1. The zero-order valence-corrected chi connectivity index (χ0v) is 26.3. The number of likely N-dealkylation sites (N-methyl/N-ethyl adjacent to an activating group) is 1. The molecule has 1 fully saturated rings. The minimum atomic E-state index is -0.921. The number of ketones is 4. The van der Waals surface area contributed by atoms with Gasteiger partial charge in [-0.25, -0.2) is 0 Å². The Morgan fingerprint density at radius 1 is 0.773 bits per heavy atom. The van der Waals surface area contributed by atoms with Crippen LogP contribution < -0.4 is 5.32 Å². The molecular formula is C35H45N3O6. The maximum Gasteiger partial charge on any atom is 0.224 e. The number of piperazine rings is 1. The summed E-state index contributed by atoms with van der Waals surface area (Å²) in [4.78, 5) is 81.9. The standard InChI is InChI=1S/C35H45N3O6/c1-24(2)29(34(43)30(39)15-16-33(42)38-19-17-37(4)18-20-38)23-31(40)25(3)36-35(44)28(21-26-11-7-5-8-12-26)22-32(41)27-13-9-6-10-14-27/h5-14,24-25,28-29H,15-23H2,1-4H3,(H,36,44)/t25-,28+,29-/m0/s1. The molecule has 3 atom stereocenters. The van der Waals surface area contributed by atoms with Crippen LogP contribution in [0, 0.1) is 17.8 Å². The van der Waals surface area contributed by atoms with E-state index in [0.717, 1.165) is 18.7 Å². The molecule has 44 heavy (non-hydrogen) atoms. The summed E-state index contributed by atoms with van der Waals surface area (Å²) in [5.74, 6) is -4.29. The molecule has 9 heteroatoms. The van der Waals surface area contributed by atoms with Crippen molar-refractivity contribution in [2.75, 3.05) is 33.2 Å². The third-order valence-electron chi connectivity index (χ3n) is 8.32. The van der Waals surface area contributed by atoms with E-state index in [1.54, 1.807) is 49.9 Å². The molecule has 9 nitrogen and oxygen atoms in total. The monoisotopic (exact) mass is 603 g/mol. The lowest BCUT2D eigenvalue weighted by molar-refractivity contribution is -0.142. The lowest BCUT2D eigenvalue weighted by Gasteiger charge is -2.32. The van der Waals surface area contributed by atoms with Crippen LogP contribution in [0.1, 0.15) is 62.4 Å². The van der Waals surface area contributed by atoms with Gasteiger partial charge in [0.2, 0.25) is 17.6 Å². The van der Waals surface area contributed by atoms with Crippen molar-refractivity contribution in [3.63, 3.8) is 0 Å². The first kappa shape index (κ1) is 34.5. The molecule has 0 aliphatic carbocycles. The Morgan fingerprint density at radius 2 is 1.36 bits per heavy atom. The molecule has 1 heterocycles. The number of nitrogens with one attached hydrogen (secondary N) is 1. The van der Waals surface area contributed by atoms with Crippen LogP contribution in [-0.4, -0.2) is 84.0 Å². The van der Waals surface area contributed by atoms with Gasteiger partial charge in [0.15, 0.2) is 17.3 Å². The molecule has 236 valence electrons. The van der Waals surface area contributed by atoms with E-state index >= 15 is 0 Å². The summed E-state index contributed by atoms with van der Waals surface area (Å²) in [6.45, 7) is 7.81. The van der Waals surface area contributed by atoms with Crippen LogP contribution >= 0.6 is 0 Å². The molecule has 2 aromatic rings. The molecule has 0 saturated carbocycles. The summed E-state index contributed by atoms with van der Waals surface area (Å²) in [6, 6.07) is 17.2. The number of nitrogens with zero attached hydrogens (tertiary/aromatic N) is 2. The predicted molar refractivity (Wildman–Crippen MR) is 168 cm³/mol. The molecule has 0 bridgehead atoms. The Hall–Kier alpha value is -3.98. The van der Waals surface area contributed by atoms with Crippen LogP contribution in [0.2, 0.25) is 0 Å². The van der Waals surface area contributed by atoms with Gasteiger partial charge in [-0.15, -0.1) is 0 Å². The van der Waals surface area contributed by atoms with E-state index in [-0.39, 0.29) is 49.1 Å². The first-order valence-corrected chi connectivity index (χ1v) is 15.4. The molecule has 0 spiro atoms. The number of hydrogen-bond acceptors (Lipinski definition) is 7. The first-order valence-electron chi connectivity index (χ1n) is 15.4. The summed E-state index contributed by atoms with van der Waals surface area (Å²) in [7, 11) is 1.99. The zero-order chi connectivity index (χ0) is 32.2. The van der Waals surface area contributed by atoms with Gasteiger partial charge in [0.25, 0.3) is 0 Å². The van der Waals surface area contributed by atoms with Crippen LogP contribution in [0.25, 0.3) is 0 Å². The second kappa shape index (κ2) is 16.8. The van der Waals surface area contributed by atoms with Gasteiger partial charge in [0.05, 0.1) is 6.04 Å². The van der Waals surface area contributed by atoms with Crippen LogP contribution in [-0.2, 0) is 30.4 Å². The van der Waals surface area contributed by atoms with E-state index in [2.05, 4.69) is 10.2 Å². The second-order valence-corrected chi connectivity index (χ2v) is 12.1. The maximum absolute atomic E-state index is 13.4. The fraction of sp³-hybridized carbons (Fsp3) is 0.486. The lowest BCUT2D eigenvalue weighted by Crippen LogP contribution is -2.47. The summed E-state index contributed by atoms with van der Waals surface area (Å²) in [6.07, 6.45) is -0.141. The quantitative estimate of drug-likeness (QED) is 0.230. The normalized spacial score (nSPS) is 15.7. The molecule has 1 aliphatic rings. The van der Waals surface area contributed by atoms with Crippen molar-refractivity contribution < 1.29 is 28.8 Å². The van der Waals surface area contributed by atoms with Gasteiger partial charge in [-0.1, -0.05) is 74.5 Å². The molecular weight excluding hydrogens is 558 g/mol. The van der Waals surface area contributed by atoms with E-state index in [0.29, 0.717) is 25.1 Å². The Balaban J connectivity index is 1.59. The SMILES string of the molecule is CC(C)[C@H](CC(=O)[C@H](C)NC(=O)[C@@H](CC(=O)c1ccccc1)Cc1ccccc1)C(=O)C(=O)CCC(=O)N1CCN(C)CC1. The van der Waals surface area contributed by atoms with Gasteiger partial charge < -0.3 is 15.1 Å². The molecule has 3 rings (SSSR count). The number of carbonyl (C=O) groups excluding carboxylic acids is 6. The van der Waals surface area contributed by atoms with Gasteiger partial charge in [-0.2, -0.15) is 0 Å². The Morgan fingerprint density at radius 3 is 1.95 bits per heavy atom. The molecule has 1 N–H and O–H groups in total. The van der Waals surface area contributed by atoms with Crippen molar-refractivity contribution in [2.45, 2.75) is 58.9 Å². The molecule has 1 aliphatic heterocycles. The van der Waals surface area contributed by atoms with Crippen LogP contribution in [0.3, 0.4) is 0 Å². The van der Waals surface area contributed by atoms with Crippen molar-refractivity contribution in [3.05, 3.63) is 71.8 Å². The molecule has 0 aromatic heterocycles. The van der Waals surface area contributed by atoms with E-state index in [4.69, 9.17) is 0 Å². The molecule has 2 aromatic carbocycles. The van der Waals surface area contributed by atoms with E-state index in [1.165, 1.54) is 0 Å². The molecule has 1 saturated heterocycles. The van der Waals surface area contributed by atoms with Gasteiger partial charge in [0, 0.05) is 69.3 Å². The number of Topliss-reactive ketones (excluding diaryl/α,β-unsaturated/α-hetero) is 4. The summed E-state index contributed by atoms with van der Waals surface area (Å²) >= 11 is 0. The third kappa shape index (κ3) is 10.3. The molecule has 0 unspecified atom stereocenters.